The number of anilines is 1. The normalized spacial score (nSPS) is 17.6. The molecule has 0 amide bonds. The molecule has 1 aliphatic heterocycles. The number of hydrogen-bond donors (Lipinski definition) is 1. The number of carbonyl (C=O) groups is 1. The van der Waals surface area contributed by atoms with Crippen LogP contribution in [0, 0.1) is 0 Å². The molecule has 3 heterocycles. The van der Waals surface area contributed by atoms with Crippen LogP contribution in [0.3, 0.4) is 0 Å². The third kappa shape index (κ3) is 4.63. The van der Waals surface area contributed by atoms with Crippen molar-refractivity contribution in [3.05, 3.63) is 70.1 Å². The highest BCUT2D eigenvalue weighted by Crippen LogP contribution is 2.26. The highest BCUT2D eigenvalue weighted by atomic mass is 35.5. The van der Waals surface area contributed by atoms with Crippen molar-refractivity contribution in [3.63, 3.8) is 0 Å². The lowest BCUT2D eigenvalue weighted by molar-refractivity contribution is -0.115. The summed E-state index contributed by atoms with van der Waals surface area (Å²) in [6, 6.07) is 13.4. The molecule has 4 aromatic rings. The molecule has 2 aromatic carbocycles. The molecule has 1 unspecified atom stereocenters. The number of fused-ring (bicyclic) bond motifs is 2. The van der Waals surface area contributed by atoms with Gasteiger partial charge in [0.2, 0.25) is 0 Å². The zero-order valence-corrected chi connectivity index (χ0v) is 19.3. The second kappa shape index (κ2) is 9.19. The Kier molecular flexibility index (Phi) is 6.12. The van der Waals surface area contributed by atoms with Gasteiger partial charge in [0.05, 0.1) is 17.1 Å². The highest BCUT2D eigenvalue weighted by molar-refractivity contribution is 6.32. The molecule has 0 spiro atoms. The van der Waals surface area contributed by atoms with Crippen molar-refractivity contribution in [3.8, 4) is 0 Å². The van der Waals surface area contributed by atoms with Crippen LogP contribution >= 0.6 is 23.2 Å². The number of rotatable bonds is 5. The molecule has 7 nitrogen and oxygen atoms in total. The standard InChI is InChI=1S/C24H22Cl2N6O/c25-18-3-2-16-8-17(23(26)30-21(16)9-18)11-31-5-6-32(19(12-31)13-33)10-15-1-4-20-22(7-15)28-14-29-24(20)27/h1-4,7-9,13-14,19H,5-6,10-12H2,(H2,27,28,29). The number of hydrogen-bond acceptors (Lipinski definition) is 7. The number of pyridine rings is 1. The van der Waals surface area contributed by atoms with E-state index >= 15 is 0 Å². The molecule has 2 N–H and O–H groups in total. The van der Waals surface area contributed by atoms with E-state index in [9.17, 15) is 4.79 Å². The van der Waals surface area contributed by atoms with Crippen molar-refractivity contribution in [2.24, 2.45) is 0 Å². The molecule has 1 aliphatic rings. The molecular weight excluding hydrogens is 459 g/mol. The predicted molar refractivity (Wildman–Crippen MR) is 131 cm³/mol. The molecule has 0 aliphatic carbocycles. The third-order valence-electron chi connectivity index (χ3n) is 6.09. The van der Waals surface area contributed by atoms with E-state index in [1.807, 2.05) is 36.4 Å². The molecule has 5 rings (SSSR count). The predicted octanol–water partition coefficient (Wildman–Crippen LogP) is 3.95. The first-order valence-corrected chi connectivity index (χ1v) is 11.4. The van der Waals surface area contributed by atoms with E-state index in [0.29, 0.717) is 35.6 Å². The first-order chi connectivity index (χ1) is 16.0. The Morgan fingerprint density at radius 3 is 2.76 bits per heavy atom. The summed E-state index contributed by atoms with van der Waals surface area (Å²) >= 11 is 12.5. The summed E-state index contributed by atoms with van der Waals surface area (Å²) in [7, 11) is 0. The Hall–Kier alpha value is -2.84. The molecule has 9 heteroatoms. The lowest BCUT2D eigenvalue weighted by Gasteiger charge is -2.39. The lowest BCUT2D eigenvalue weighted by atomic mass is 10.1. The number of benzene rings is 2. The van der Waals surface area contributed by atoms with Gasteiger partial charge in [-0.15, -0.1) is 0 Å². The van der Waals surface area contributed by atoms with Gasteiger partial charge < -0.3 is 10.5 Å². The van der Waals surface area contributed by atoms with Crippen molar-refractivity contribution in [2.75, 3.05) is 25.4 Å². The topological polar surface area (TPSA) is 88.2 Å². The number of halogens is 2. The molecule has 1 atom stereocenters. The minimum atomic E-state index is -0.212. The first-order valence-electron chi connectivity index (χ1n) is 10.7. The quantitative estimate of drug-likeness (QED) is 0.341. The molecule has 1 saturated heterocycles. The van der Waals surface area contributed by atoms with Crippen molar-refractivity contribution in [2.45, 2.75) is 19.1 Å². The number of carbonyl (C=O) groups excluding carboxylic acids is 1. The zero-order chi connectivity index (χ0) is 22.9. The average molecular weight is 481 g/mol. The van der Waals surface area contributed by atoms with E-state index in [4.69, 9.17) is 28.9 Å². The van der Waals surface area contributed by atoms with E-state index in [1.54, 1.807) is 6.07 Å². The number of aromatic nitrogens is 3. The Morgan fingerprint density at radius 2 is 1.91 bits per heavy atom. The summed E-state index contributed by atoms with van der Waals surface area (Å²) in [6.07, 6.45) is 2.49. The van der Waals surface area contributed by atoms with Crippen LogP contribution in [-0.4, -0.2) is 56.7 Å². The van der Waals surface area contributed by atoms with Gasteiger partial charge in [-0.05, 0) is 35.9 Å². The summed E-state index contributed by atoms with van der Waals surface area (Å²) in [5, 5.41) is 2.92. The van der Waals surface area contributed by atoms with Crippen molar-refractivity contribution in [1.29, 1.82) is 0 Å². The third-order valence-corrected chi connectivity index (χ3v) is 6.65. The van der Waals surface area contributed by atoms with Crippen molar-refractivity contribution in [1.82, 2.24) is 24.8 Å². The maximum absolute atomic E-state index is 11.9. The van der Waals surface area contributed by atoms with Crippen LogP contribution in [0.1, 0.15) is 11.1 Å². The van der Waals surface area contributed by atoms with Crippen LogP contribution in [0.5, 0.6) is 0 Å². The summed E-state index contributed by atoms with van der Waals surface area (Å²) < 4.78 is 0. The molecule has 0 bridgehead atoms. The number of nitrogens with zero attached hydrogens (tertiary/aromatic N) is 5. The number of nitrogens with two attached hydrogens (primary N) is 1. The molecule has 168 valence electrons. The second-order valence-electron chi connectivity index (χ2n) is 8.29. The Balaban J connectivity index is 1.29. The van der Waals surface area contributed by atoms with Gasteiger partial charge in [0.25, 0.3) is 0 Å². The molecule has 2 aromatic heterocycles. The van der Waals surface area contributed by atoms with Gasteiger partial charge in [0.15, 0.2) is 0 Å². The Bertz CT molecular complexity index is 1350. The lowest BCUT2D eigenvalue weighted by Crippen LogP contribution is -2.53. The van der Waals surface area contributed by atoms with Crippen LogP contribution in [-0.2, 0) is 17.9 Å². The maximum Gasteiger partial charge on any atom is 0.138 e. The number of aldehydes is 1. The summed E-state index contributed by atoms with van der Waals surface area (Å²) in [4.78, 5) is 29.2. The minimum absolute atomic E-state index is 0.212. The van der Waals surface area contributed by atoms with Gasteiger partial charge >= 0.3 is 0 Å². The Morgan fingerprint density at radius 1 is 1.03 bits per heavy atom. The average Bonchev–Trinajstić information content (AvgIpc) is 2.81. The van der Waals surface area contributed by atoms with Gasteiger partial charge in [0.1, 0.15) is 23.6 Å². The minimum Gasteiger partial charge on any atom is -0.383 e. The first kappa shape index (κ1) is 22.0. The summed E-state index contributed by atoms with van der Waals surface area (Å²) in [5.41, 5.74) is 9.53. The van der Waals surface area contributed by atoms with Crippen LogP contribution in [0.4, 0.5) is 5.82 Å². The van der Waals surface area contributed by atoms with Crippen LogP contribution < -0.4 is 5.73 Å². The Labute approximate surface area is 201 Å². The molecule has 1 fully saturated rings. The largest absolute Gasteiger partial charge is 0.383 e. The van der Waals surface area contributed by atoms with E-state index in [2.05, 4.69) is 24.8 Å². The van der Waals surface area contributed by atoms with E-state index in [-0.39, 0.29) is 6.04 Å². The van der Waals surface area contributed by atoms with Crippen molar-refractivity contribution >= 4 is 57.1 Å². The summed E-state index contributed by atoms with van der Waals surface area (Å²) in [5.74, 6) is 0.468. The van der Waals surface area contributed by atoms with Gasteiger partial charge in [-0.25, -0.2) is 15.0 Å². The van der Waals surface area contributed by atoms with Gasteiger partial charge in [-0.1, -0.05) is 35.3 Å². The van der Waals surface area contributed by atoms with Crippen LogP contribution in [0.15, 0.2) is 48.8 Å². The van der Waals surface area contributed by atoms with Gasteiger partial charge in [-0.2, -0.15) is 0 Å². The van der Waals surface area contributed by atoms with Crippen LogP contribution in [0.2, 0.25) is 10.2 Å². The SMILES string of the molecule is Nc1ncnc2cc(CN3CCN(Cc4cc5ccc(Cl)cc5nc4Cl)CC3C=O)ccc12. The van der Waals surface area contributed by atoms with Crippen LogP contribution in [0.25, 0.3) is 21.8 Å². The van der Waals surface area contributed by atoms with Gasteiger partial charge in [-0.3, -0.25) is 9.80 Å². The fourth-order valence-corrected chi connectivity index (χ4v) is 4.72. The smallest absolute Gasteiger partial charge is 0.138 e. The summed E-state index contributed by atoms with van der Waals surface area (Å²) in [6.45, 7) is 3.51. The molecule has 33 heavy (non-hydrogen) atoms. The number of nitrogen functional groups attached to an aromatic ring is 1. The van der Waals surface area contributed by atoms with E-state index < -0.39 is 0 Å². The fourth-order valence-electron chi connectivity index (χ4n) is 4.34. The van der Waals surface area contributed by atoms with E-state index in [0.717, 1.165) is 52.3 Å². The second-order valence-corrected chi connectivity index (χ2v) is 9.09. The molecular formula is C24H22Cl2N6O. The maximum atomic E-state index is 11.9. The van der Waals surface area contributed by atoms with Crippen molar-refractivity contribution < 1.29 is 4.79 Å². The fraction of sp³-hybridized carbons (Fsp3) is 0.250. The monoisotopic (exact) mass is 480 g/mol. The molecule has 0 radical (unpaired) electrons. The van der Waals surface area contributed by atoms with E-state index in [1.165, 1.54) is 6.33 Å². The zero-order valence-electron chi connectivity index (χ0n) is 17.8. The number of piperazine rings is 1. The highest BCUT2D eigenvalue weighted by Gasteiger charge is 2.27. The molecule has 0 saturated carbocycles. The van der Waals surface area contributed by atoms with Gasteiger partial charge in [0, 0.05) is 54.1 Å².